The van der Waals surface area contributed by atoms with E-state index in [9.17, 15) is 4.79 Å². The maximum Gasteiger partial charge on any atom is 0.255 e. The molecular weight excluding hydrogens is 285 g/mol. The molecule has 0 bridgehead atoms. The molecule has 2 rings (SSSR count). The number of pyridine rings is 1. The highest BCUT2D eigenvalue weighted by Crippen LogP contribution is 2.12. The number of piperazine rings is 1. The van der Waals surface area contributed by atoms with Gasteiger partial charge >= 0.3 is 0 Å². The van der Waals surface area contributed by atoms with Gasteiger partial charge in [0.2, 0.25) is 0 Å². The Morgan fingerprint density at radius 2 is 2.05 bits per heavy atom. The van der Waals surface area contributed by atoms with Crippen LogP contribution in [0.5, 0.6) is 0 Å². The molecule has 1 aliphatic rings. The molecule has 2 unspecified atom stereocenters. The molecule has 2 atom stereocenters. The van der Waals surface area contributed by atoms with Crippen LogP contribution in [0.2, 0.25) is 0 Å². The maximum atomic E-state index is 12.4. The number of halogens is 2. The molecule has 1 saturated heterocycles. The van der Waals surface area contributed by atoms with E-state index in [2.05, 4.69) is 24.1 Å². The van der Waals surface area contributed by atoms with E-state index in [1.165, 1.54) is 0 Å². The maximum absolute atomic E-state index is 12.4. The van der Waals surface area contributed by atoms with Crippen molar-refractivity contribution in [2.24, 2.45) is 0 Å². The van der Waals surface area contributed by atoms with Gasteiger partial charge in [0.05, 0.1) is 5.56 Å². The number of aromatic nitrogens is 1. The second-order valence-electron chi connectivity index (χ2n) is 4.87. The number of aryl methyl sites for hydroxylation is 1. The third-order valence-electron chi connectivity index (χ3n) is 3.15. The molecular formula is C13H21Cl2N3O. The van der Waals surface area contributed by atoms with E-state index in [1.807, 2.05) is 17.9 Å². The van der Waals surface area contributed by atoms with Crippen molar-refractivity contribution < 1.29 is 4.79 Å². The molecule has 1 amide bonds. The van der Waals surface area contributed by atoms with Gasteiger partial charge in [0.25, 0.3) is 5.91 Å². The van der Waals surface area contributed by atoms with Crippen molar-refractivity contribution in [2.75, 3.05) is 13.1 Å². The van der Waals surface area contributed by atoms with E-state index >= 15 is 0 Å². The molecule has 2 heterocycles. The van der Waals surface area contributed by atoms with Gasteiger partial charge in [0.15, 0.2) is 0 Å². The first-order chi connectivity index (χ1) is 8.08. The Morgan fingerprint density at radius 3 is 2.68 bits per heavy atom. The van der Waals surface area contributed by atoms with Crippen molar-refractivity contribution >= 4 is 30.7 Å². The Morgan fingerprint density at radius 1 is 1.37 bits per heavy atom. The van der Waals surface area contributed by atoms with Crippen LogP contribution in [0.15, 0.2) is 18.5 Å². The van der Waals surface area contributed by atoms with Gasteiger partial charge in [-0.25, -0.2) is 0 Å². The molecule has 0 aliphatic carbocycles. The molecule has 1 N–H and O–H groups in total. The van der Waals surface area contributed by atoms with E-state index in [1.54, 1.807) is 12.4 Å². The summed E-state index contributed by atoms with van der Waals surface area (Å²) in [5, 5.41) is 3.37. The predicted molar refractivity (Wildman–Crippen MR) is 81.4 cm³/mol. The average Bonchev–Trinajstić information content (AvgIpc) is 2.31. The van der Waals surface area contributed by atoms with E-state index < -0.39 is 0 Å². The summed E-state index contributed by atoms with van der Waals surface area (Å²) in [6.45, 7) is 7.73. The Hall–Kier alpha value is -0.840. The molecule has 0 radical (unpaired) electrons. The SMILES string of the molecule is Cc1cncc(C(=O)N2CC(C)NCC2C)c1.Cl.Cl. The molecule has 0 aromatic carbocycles. The third-order valence-corrected chi connectivity index (χ3v) is 3.15. The first kappa shape index (κ1) is 18.2. The zero-order valence-corrected chi connectivity index (χ0v) is 13.1. The van der Waals surface area contributed by atoms with E-state index in [0.29, 0.717) is 11.6 Å². The van der Waals surface area contributed by atoms with Crippen molar-refractivity contribution in [2.45, 2.75) is 32.9 Å². The zero-order chi connectivity index (χ0) is 12.4. The summed E-state index contributed by atoms with van der Waals surface area (Å²) in [7, 11) is 0. The summed E-state index contributed by atoms with van der Waals surface area (Å²) >= 11 is 0. The van der Waals surface area contributed by atoms with Gasteiger partial charge in [0, 0.05) is 37.6 Å². The predicted octanol–water partition coefficient (Wildman–Crippen LogP) is 2.06. The fourth-order valence-electron chi connectivity index (χ4n) is 2.14. The summed E-state index contributed by atoms with van der Waals surface area (Å²) in [6.07, 6.45) is 3.41. The Labute approximate surface area is 126 Å². The molecule has 19 heavy (non-hydrogen) atoms. The molecule has 4 nitrogen and oxygen atoms in total. The molecule has 0 saturated carbocycles. The number of hydrogen-bond acceptors (Lipinski definition) is 3. The lowest BCUT2D eigenvalue weighted by molar-refractivity contribution is 0.0616. The standard InChI is InChI=1S/C13H19N3O.2ClH/c1-9-4-12(7-14-5-9)13(17)16-8-10(2)15-6-11(16)3;;/h4-5,7,10-11,15H,6,8H2,1-3H3;2*1H. The molecule has 108 valence electrons. The Bertz CT molecular complexity index is 428. The molecule has 1 aromatic rings. The van der Waals surface area contributed by atoms with Gasteiger partial charge in [0.1, 0.15) is 0 Å². The van der Waals surface area contributed by atoms with Crippen LogP contribution in [0.4, 0.5) is 0 Å². The number of carbonyl (C=O) groups excluding carboxylic acids is 1. The number of hydrogen-bond donors (Lipinski definition) is 1. The van der Waals surface area contributed by atoms with Crippen LogP contribution in [0.1, 0.15) is 29.8 Å². The summed E-state index contributed by atoms with van der Waals surface area (Å²) < 4.78 is 0. The van der Waals surface area contributed by atoms with Crippen LogP contribution in [0.3, 0.4) is 0 Å². The lowest BCUT2D eigenvalue weighted by atomic mass is 10.1. The van der Waals surface area contributed by atoms with Crippen molar-refractivity contribution in [1.29, 1.82) is 0 Å². The summed E-state index contributed by atoms with van der Waals surface area (Å²) in [4.78, 5) is 18.4. The number of nitrogens with one attached hydrogen (secondary N) is 1. The number of nitrogens with zero attached hydrogens (tertiary/aromatic N) is 2. The van der Waals surface area contributed by atoms with Crippen LogP contribution in [0.25, 0.3) is 0 Å². The van der Waals surface area contributed by atoms with Gasteiger partial charge in [-0.2, -0.15) is 0 Å². The van der Waals surface area contributed by atoms with E-state index in [0.717, 1.165) is 18.7 Å². The van der Waals surface area contributed by atoms with Crippen LogP contribution in [-0.2, 0) is 0 Å². The topological polar surface area (TPSA) is 45.2 Å². The van der Waals surface area contributed by atoms with E-state index in [4.69, 9.17) is 0 Å². The normalized spacial score (nSPS) is 22.2. The van der Waals surface area contributed by atoms with Gasteiger partial charge in [-0.05, 0) is 32.4 Å². The zero-order valence-electron chi connectivity index (χ0n) is 11.4. The van der Waals surface area contributed by atoms with Crippen molar-refractivity contribution in [3.8, 4) is 0 Å². The fraction of sp³-hybridized carbons (Fsp3) is 0.538. The number of rotatable bonds is 1. The Balaban J connectivity index is 0.00000162. The van der Waals surface area contributed by atoms with E-state index in [-0.39, 0.29) is 36.8 Å². The minimum absolute atomic E-state index is 0. The lowest BCUT2D eigenvalue weighted by Gasteiger charge is -2.37. The first-order valence-corrected chi connectivity index (χ1v) is 6.04. The van der Waals surface area contributed by atoms with Crippen LogP contribution in [0, 0.1) is 6.92 Å². The monoisotopic (exact) mass is 305 g/mol. The van der Waals surface area contributed by atoms with Gasteiger partial charge < -0.3 is 10.2 Å². The van der Waals surface area contributed by atoms with Crippen molar-refractivity contribution in [1.82, 2.24) is 15.2 Å². The lowest BCUT2D eigenvalue weighted by Crippen LogP contribution is -2.56. The summed E-state index contributed by atoms with van der Waals surface area (Å²) in [6, 6.07) is 2.49. The second kappa shape index (κ2) is 7.68. The number of amides is 1. The highest BCUT2D eigenvalue weighted by Gasteiger charge is 2.27. The molecule has 1 aliphatic heterocycles. The minimum atomic E-state index is 0. The van der Waals surface area contributed by atoms with Crippen LogP contribution in [-0.4, -0.2) is 41.0 Å². The average molecular weight is 306 g/mol. The van der Waals surface area contributed by atoms with Crippen LogP contribution >= 0.6 is 24.8 Å². The molecule has 1 fully saturated rings. The molecule has 6 heteroatoms. The fourth-order valence-corrected chi connectivity index (χ4v) is 2.14. The third kappa shape index (κ3) is 4.34. The van der Waals surface area contributed by atoms with Gasteiger partial charge in [-0.1, -0.05) is 0 Å². The first-order valence-electron chi connectivity index (χ1n) is 6.04. The highest BCUT2D eigenvalue weighted by atomic mass is 35.5. The summed E-state index contributed by atoms with van der Waals surface area (Å²) in [5.74, 6) is 0.0852. The highest BCUT2D eigenvalue weighted by molar-refractivity contribution is 5.94. The van der Waals surface area contributed by atoms with Crippen LogP contribution < -0.4 is 5.32 Å². The quantitative estimate of drug-likeness (QED) is 0.864. The van der Waals surface area contributed by atoms with Gasteiger partial charge in [-0.3, -0.25) is 9.78 Å². The van der Waals surface area contributed by atoms with Crippen molar-refractivity contribution in [3.05, 3.63) is 29.6 Å². The van der Waals surface area contributed by atoms with Gasteiger partial charge in [-0.15, -0.1) is 24.8 Å². The second-order valence-corrected chi connectivity index (χ2v) is 4.87. The number of carbonyl (C=O) groups is 1. The summed E-state index contributed by atoms with van der Waals surface area (Å²) in [5.41, 5.74) is 1.71. The van der Waals surface area contributed by atoms with Crippen molar-refractivity contribution in [3.63, 3.8) is 0 Å². The smallest absolute Gasteiger partial charge is 0.255 e. The molecule has 0 spiro atoms. The minimum Gasteiger partial charge on any atom is -0.333 e. The molecule has 1 aromatic heterocycles. The Kier molecular flexibility index (Phi) is 7.34. The largest absolute Gasteiger partial charge is 0.333 e.